The van der Waals surface area contributed by atoms with E-state index in [2.05, 4.69) is 24.5 Å². The topological polar surface area (TPSA) is 75.3 Å². The number of carbonyl (C=O) groups excluding carboxylic acids is 1. The molecule has 1 aromatic rings. The van der Waals surface area contributed by atoms with Crippen LogP contribution in [0.5, 0.6) is 0 Å². The van der Waals surface area contributed by atoms with Crippen molar-refractivity contribution in [2.75, 3.05) is 23.4 Å². The molecule has 1 saturated heterocycles. The summed E-state index contributed by atoms with van der Waals surface area (Å²) in [7, 11) is -3.03. The molecule has 0 radical (unpaired) electrons. The molecule has 1 aromatic carbocycles. The van der Waals surface area contributed by atoms with Gasteiger partial charge in [-0.25, -0.2) is 8.42 Å². The summed E-state index contributed by atoms with van der Waals surface area (Å²) in [5.74, 6) is -0.544. The average Bonchev–Trinajstić information content (AvgIpc) is 2.80. The number of hydrogen-bond acceptors (Lipinski definition) is 4. The summed E-state index contributed by atoms with van der Waals surface area (Å²) < 4.78 is 22.8. The number of amides is 1. The van der Waals surface area contributed by atoms with Crippen molar-refractivity contribution in [3.63, 3.8) is 0 Å². The molecule has 0 aromatic heterocycles. The highest BCUT2D eigenvalue weighted by Gasteiger charge is 2.32. The molecule has 0 spiro atoms. The zero-order valence-corrected chi connectivity index (χ0v) is 13.2. The summed E-state index contributed by atoms with van der Waals surface area (Å²) in [6.07, 6.45) is 0.420. The second-order valence-electron chi connectivity index (χ2n) is 5.49. The predicted molar refractivity (Wildman–Crippen MR) is 83.9 cm³/mol. The standard InChI is InChI=1S/C15H22N2O3S/c1-3-16-11(2)12-4-6-14(7-5-12)17-15(18)13-8-9-21(19,20)10-13/h4-7,11,13,16H,3,8-10H2,1-2H3,(H,17,18). The van der Waals surface area contributed by atoms with Gasteiger partial charge < -0.3 is 10.6 Å². The van der Waals surface area contributed by atoms with Gasteiger partial charge in [-0.05, 0) is 37.6 Å². The lowest BCUT2D eigenvalue weighted by Gasteiger charge is -2.14. The molecule has 0 saturated carbocycles. The summed E-state index contributed by atoms with van der Waals surface area (Å²) in [5.41, 5.74) is 1.86. The first kappa shape index (κ1) is 16.0. The lowest BCUT2D eigenvalue weighted by molar-refractivity contribution is -0.119. The van der Waals surface area contributed by atoms with E-state index in [-0.39, 0.29) is 23.5 Å². The third-order valence-electron chi connectivity index (χ3n) is 3.79. The molecule has 1 heterocycles. The third-order valence-corrected chi connectivity index (χ3v) is 5.56. The Balaban J connectivity index is 1.96. The van der Waals surface area contributed by atoms with Crippen LogP contribution >= 0.6 is 0 Å². The number of nitrogens with one attached hydrogen (secondary N) is 2. The van der Waals surface area contributed by atoms with E-state index in [9.17, 15) is 13.2 Å². The van der Waals surface area contributed by atoms with Gasteiger partial charge in [-0.2, -0.15) is 0 Å². The smallest absolute Gasteiger partial charge is 0.228 e. The van der Waals surface area contributed by atoms with Crippen molar-refractivity contribution in [2.24, 2.45) is 5.92 Å². The highest BCUT2D eigenvalue weighted by atomic mass is 32.2. The second-order valence-corrected chi connectivity index (χ2v) is 7.72. The maximum absolute atomic E-state index is 12.0. The Morgan fingerprint density at radius 3 is 2.52 bits per heavy atom. The van der Waals surface area contributed by atoms with E-state index in [0.29, 0.717) is 12.1 Å². The number of rotatable bonds is 5. The Labute approximate surface area is 126 Å². The monoisotopic (exact) mass is 310 g/mol. The molecular weight excluding hydrogens is 288 g/mol. The first-order valence-electron chi connectivity index (χ1n) is 7.26. The molecule has 5 nitrogen and oxygen atoms in total. The maximum atomic E-state index is 12.0. The summed E-state index contributed by atoms with van der Waals surface area (Å²) in [6, 6.07) is 7.90. The van der Waals surface area contributed by atoms with Crippen molar-refractivity contribution in [1.82, 2.24) is 5.32 Å². The Hall–Kier alpha value is -1.40. The molecular formula is C15H22N2O3S. The van der Waals surface area contributed by atoms with Crippen molar-refractivity contribution in [1.29, 1.82) is 0 Å². The van der Waals surface area contributed by atoms with Crippen LogP contribution in [-0.4, -0.2) is 32.4 Å². The first-order chi connectivity index (χ1) is 9.91. The fourth-order valence-electron chi connectivity index (χ4n) is 2.53. The van der Waals surface area contributed by atoms with Gasteiger partial charge in [0.2, 0.25) is 5.91 Å². The van der Waals surface area contributed by atoms with Crippen LogP contribution in [0.3, 0.4) is 0 Å². The highest BCUT2D eigenvalue weighted by molar-refractivity contribution is 7.91. The molecule has 1 amide bonds. The second kappa shape index (κ2) is 6.58. The summed E-state index contributed by atoms with van der Waals surface area (Å²) in [5, 5.41) is 6.12. The van der Waals surface area contributed by atoms with E-state index in [4.69, 9.17) is 0 Å². The van der Waals surface area contributed by atoms with Gasteiger partial charge in [-0.3, -0.25) is 4.79 Å². The van der Waals surface area contributed by atoms with Crippen molar-refractivity contribution in [3.05, 3.63) is 29.8 Å². The zero-order valence-electron chi connectivity index (χ0n) is 12.4. The summed E-state index contributed by atoms with van der Waals surface area (Å²) in [6.45, 7) is 5.04. The van der Waals surface area contributed by atoms with E-state index >= 15 is 0 Å². The SMILES string of the molecule is CCNC(C)c1ccc(NC(=O)C2CCS(=O)(=O)C2)cc1. The number of carbonyl (C=O) groups is 1. The van der Waals surface area contributed by atoms with Gasteiger partial charge in [0, 0.05) is 11.7 Å². The van der Waals surface area contributed by atoms with E-state index in [1.165, 1.54) is 0 Å². The van der Waals surface area contributed by atoms with Crippen LogP contribution in [0, 0.1) is 5.92 Å². The van der Waals surface area contributed by atoms with E-state index in [1.807, 2.05) is 24.3 Å². The number of hydrogen-bond donors (Lipinski definition) is 2. The van der Waals surface area contributed by atoms with Gasteiger partial charge >= 0.3 is 0 Å². The van der Waals surface area contributed by atoms with Crippen LogP contribution in [0.25, 0.3) is 0 Å². The molecule has 1 aliphatic rings. The molecule has 6 heteroatoms. The van der Waals surface area contributed by atoms with E-state index in [0.717, 1.165) is 12.1 Å². The predicted octanol–water partition coefficient (Wildman–Crippen LogP) is 1.73. The fourth-order valence-corrected chi connectivity index (χ4v) is 4.27. The first-order valence-corrected chi connectivity index (χ1v) is 9.08. The molecule has 1 aliphatic heterocycles. The Kier molecular flexibility index (Phi) is 5.00. The molecule has 116 valence electrons. The van der Waals surface area contributed by atoms with Gasteiger partial charge in [0.25, 0.3) is 0 Å². The van der Waals surface area contributed by atoms with Crippen molar-refractivity contribution >= 4 is 21.4 Å². The molecule has 2 rings (SSSR count). The molecule has 0 bridgehead atoms. The van der Waals surface area contributed by atoms with Crippen LogP contribution in [0.2, 0.25) is 0 Å². The van der Waals surface area contributed by atoms with Gasteiger partial charge in [0.05, 0.1) is 17.4 Å². The quantitative estimate of drug-likeness (QED) is 0.868. The molecule has 2 unspecified atom stereocenters. The van der Waals surface area contributed by atoms with Crippen LogP contribution in [0.15, 0.2) is 24.3 Å². The third kappa shape index (κ3) is 4.28. The Morgan fingerprint density at radius 2 is 2.00 bits per heavy atom. The highest BCUT2D eigenvalue weighted by Crippen LogP contribution is 2.21. The fraction of sp³-hybridized carbons (Fsp3) is 0.533. The van der Waals surface area contributed by atoms with Gasteiger partial charge in [-0.15, -0.1) is 0 Å². The lowest BCUT2D eigenvalue weighted by atomic mass is 10.1. The zero-order chi connectivity index (χ0) is 15.5. The minimum Gasteiger partial charge on any atom is -0.326 e. The molecule has 21 heavy (non-hydrogen) atoms. The average molecular weight is 310 g/mol. The van der Waals surface area contributed by atoms with Crippen LogP contribution in [0.1, 0.15) is 31.9 Å². The van der Waals surface area contributed by atoms with Crippen molar-refractivity contribution in [2.45, 2.75) is 26.3 Å². The van der Waals surface area contributed by atoms with Crippen LogP contribution in [0.4, 0.5) is 5.69 Å². The minimum atomic E-state index is -3.03. The largest absolute Gasteiger partial charge is 0.326 e. The Bertz CT molecular complexity index is 596. The normalized spacial score (nSPS) is 21.9. The van der Waals surface area contributed by atoms with Gasteiger partial charge in [0.15, 0.2) is 9.84 Å². The Morgan fingerprint density at radius 1 is 1.33 bits per heavy atom. The van der Waals surface area contributed by atoms with E-state index < -0.39 is 15.8 Å². The number of benzene rings is 1. The van der Waals surface area contributed by atoms with Crippen LogP contribution in [-0.2, 0) is 14.6 Å². The molecule has 2 atom stereocenters. The summed E-state index contributed by atoms with van der Waals surface area (Å²) >= 11 is 0. The summed E-state index contributed by atoms with van der Waals surface area (Å²) in [4.78, 5) is 12.0. The molecule has 0 aliphatic carbocycles. The maximum Gasteiger partial charge on any atom is 0.228 e. The van der Waals surface area contributed by atoms with Crippen molar-refractivity contribution in [3.8, 4) is 0 Å². The van der Waals surface area contributed by atoms with E-state index in [1.54, 1.807) is 0 Å². The molecule has 2 N–H and O–H groups in total. The van der Waals surface area contributed by atoms with Crippen molar-refractivity contribution < 1.29 is 13.2 Å². The van der Waals surface area contributed by atoms with Gasteiger partial charge in [0.1, 0.15) is 0 Å². The minimum absolute atomic E-state index is 0.0334. The number of sulfone groups is 1. The van der Waals surface area contributed by atoms with Crippen LogP contribution < -0.4 is 10.6 Å². The number of anilines is 1. The van der Waals surface area contributed by atoms with Gasteiger partial charge in [-0.1, -0.05) is 19.1 Å². The molecule has 1 fully saturated rings. The lowest BCUT2D eigenvalue weighted by Crippen LogP contribution is -2.23.